The number of aliphatic hydroxyl groups excluding tert-OH is 1. The lowest BCUT2D eigenvalue weighted by molar-refractivity contribution is 0.110. The summed E-state index contributed by atoms with van der Waals surface area (Å²) in [6.07, 6.45) is 2.90. The van der Waals surface area contributed by atoms with Crippen LogP contribution < -0.4 is 5.73 Å². The van der Waals surface area contributed by atoms with E-state index < -0.39 is 0 Å². The summed E-state index contributed by atoms with van der Waals surface area (Å²) in [6, 6.07) is 2.20. The van der Waals surface area contributed by atoms with Gasteiger partial charge in [0.25, 0.3) is 0 Å². The number of thiophene rings is 1. The van der Waals surface area contributed by atoms with Crippen molar-refractivity contribution in [3.8, 4) is 0 Å². The molecule has 1 aromatic rings. The first kappa shape index (κ1) is 13.4. The van der Waals surface area contributed by atoms with E-state index in [4.69, 9.17) is 5.73 Å². The van der Waals surface area contributed by atoms with Gasteiger partial charge >= 0.3 is 0 Å². The number of nitrogens with two attached hydrogens (primary N) is 1. The third-order valence-corrected chi connectivity index (χ3v) is 5.66. The van der Waals surface area contributed by atoms with Crippen LogP contribution in [0.3, 0.4) is 0 Å². The first-order valence-electron chi connectivity index (χ1n) is 6.33. The summed E-state index contributed by atoms with van der Waals surface area (Å²) in [7, 11) is 0. The number of hydrogen-bond acceptors (Lipinski definition) is 4. The summed E-state index contributed by atoms with van der Waals surface area (Å²) in [5.41, 5.74) is 7.20. The van der Waals surface area contributed by atoms with E-state index in [9.17, 15) is 5.11 Å². The highest BCUT2D eigenvalue weighted by Crippen LogP contribution is 2.37. The molecule has 0 spiro atoms. The van der Waals surface area contributed by atoms with Crippen molar-refractivity contribution in [2.75, 3.05) is 12.3 Å². The highest BCUT2D eigenvalue weighted by Gasteiger charge is 2.23. The van der Waals surface area contributed by atoms with Crippen LogP contribution in [0.15, 0.2) is 6.07 Å². The van der Waals surface area contributed by atoms with E-state index in [2.05, 4.69) is 13.0 Å². The van der Waals surface area contributed by atoms with Gasteiger partial charge in [0.05, 0.1) is 6.10 Å². The molecule has 0 aliphatic carbocycles. The van der Waals surface area contributed by atoms with Crippen molar-refractivity contribution in [2.24, 2.45) is 11.7 Å². The third-order valence-electron chi connectivity index (χ3n) is 3.35. The first-order valence-corrected chi connectivity index (χ1v) is 8.30. The van der Waals surface area contributed by atoms with Gasteiger partial charge in [0.15, 0.2) is 0 Å². The Balaban J connectivity index is 2.12. The number of fused-ring (bicyclic) bond motifs is 1. The van der Waals surface area contributed by atoms with Crippen LogP contribution in [0.2, 0.25) is 0 Å². The summed E-state index contributed by atoms with van der Waals surface area (Å²) in [4.78, 5) is 2.60. The maximum absolute atomic E-state index is 10.4. The lowest BCUT2D eigenvalue weighted by Gasteiger charge is -2.19. The molecule has 0 amide bonds. The third kappa shape index (κ3) is 3.05. The van der Waals surface area contributed by atoms with Gasteiger partial charge < -0.3 is 10.8 Å². The maximum atomic E-state index is 10.4. The SMILES string of the molecule is CCCC(CN)C(O)c1cc2c(s1)CCSC2. The zero-order valence-electron chi connectivity index (χ0n) is 10.3. The Hall–Kier alpha value is -0.0300. The molecule has 4 heteroatoms. The molecule has 2 heterocycles. The van der Waals surface area contributed by atoms with Crippen LogP contribution in [0.4, 0.5) is 0 Å². The Morgan fingerprint density at radius 1 is 1.53 bits per heavy atom. The summed E-state index contributed by atoms with van der Waals surface area (Å²) in [5, 5.41) is 10.4. The molecule has 0 saturated heterocycles. The van der Waals surface area contributed by atoms with E-state index in [0.29, 0.717) is 6.54 Å². The molecule has 2 unspecified atom stereocenters. The minimum Gasteiger partial charge on any atom is -0.387 e. The van der Waals surface area contributed by atoms with Gasteiger partial charge in [0.1, 0.15) is 0 Å². The highest BCUT2D eigenvalue weighted by atomic mass is 32.2. The van der Waals surface area contributed by atoms with Gasteiger partial charge in [-0.25, -0.2) is 0 Å². The average Bonchev–Trinajstić information content (AvgIpc) is 2.78. The Morgan fingerprint density at radius 3 is 3.00 bits per heavy atom. The zero-order chi connectivity index (χ0) is 12.3. The van der Waals surface area contributed by atoms with E-state index in [1.807, 2.05) is 11.8 Å². The number of thioether (sulfide) groups is 1. The molecule has 3 N–H and O–H groups in total. The van der Waals surface area contributed by atoms with E-state index in [1.54, 1.807) is 11.3 Å². The van der Waals surface area contributed by atoms with Crippen LogP contribution in [0, 0.1) is 5.92 Å². The Morgan fingerprint density at radius 2 is 2.35 bits per heavy atom. The smallest absolute Gasteiger partial charge is 0.0922 e. The van der Waals surface area contributed by atoms with Gasteiger partial charge in [0, 0.05) is 21.4 Å². The topological polar surface area (TPSA) is 46.2 Å². The lowest BCUT2D eigenvalue weighted by Crippen LogP contribution is -2.21. The maximum Gasteiger partial charge on any atom is 0.0922 e. The Labute approximate surface area is 112 Å². The molecule has 0 saturated carbocycles. The van der Waals surface area contributed by atoms with Crippen LogP contribution in [-0.2, 0) is 12.2 Å². The zero-order valence-corrected chi connectivity index (χ0v) is 11.9. The summed E-state index contributed by atoms with van der Waals surface area (Å²) in [6.45, 7) is 2.72. The largest absolute Gasteiger partial charge is 0.387 e. The van der Waals surface area contributed by atoms with Crippen molar-refractivity contribution in [2.45, 2.75) is 38.0 Å². The van der Waals surface area contributed by atoms with Gasteiger partial charge in [-0.1, -0.05) is 13.3 Å². The summed E-state index contributed by atoms with van der Waals surface area (Å²) < 4.78 is 0. The fourth-order valence-corrected chi connectivity index (χ4v) is 4.78. The molecule has 0 aromatic carbocycles. The molecule has 1 aliphatic heterocycles. The molecule has 2 rings (SSSR count). The van der Waals surface area contributed by atoms with Gasteiger partial charge in [-0.2, -0.15) is 11.8 Å². The second-order valence-corrected chi connectivity index (χ2v) is 6.90. The van der Waals surface area contributed by atoms with Gasteiger partial charge in [-0.05, 0) is 36.8 Å². The summed E-state index contributed by atoms with van der Waals surface area (Å²) in [5.74, 6) is 2.55. The molecule has 2 atom stereocenters. The monoisotopic (exact) mass is 271 g/mol. The fraction of sp³-hybridized carbons (Fsp3) is 0.692. The van der Waals surface area contributed by atoms with Crippen LogP contribution in [0.25, 0.3) is 0 Å². The predicted octanol–water partition coefficient (Wildman–Crippen LogP) is 2.95. The van der Waals surface area contributed by atoms with Crippen molar-refractivity contribution in [1.82, 2.24) is 0 Å². The quantitative estimate of drug-likeness (QED) is 0.865. The Bertz CT molecular complexity index is 341. The lowest BCUT2D eigenvalue weighted by atomic mass is 9.96. The van der Waals surface area contributed by atoms with Crippen LogP contribution in [0.5, 0.6) is 0 Å². The molecule has 0 radical (unpaired) electrons. The average molecular weight is 271 g/mol. The van der Waals surface area contributed by atoms with Crippen molar-refractivity contribution >= 4 is 23.1 Å². The molecular formula is C13H21NOS2. The second kappa shape index (κ2) is 6.23. The van der Waals surface area contributed by atoms with Crippen LogP contribution in [0.1, 0.15) is 41.2 Å². The predicted molar refractivity (Wildman–Crippen MR) is 76.6 cm³/mol. The molecule has 0 bridgehead atoms. The normalized spacial score (nSPS) is 18.8. The molecule has 17 heavy (non-hydrogen) atoms. The van der Waals surface area contributed by atoms with Crippen molar-refractivity contribution in [1.29, 1.82) is 0 Å². The molecule has 0 fully saturated rings. The first-order chi connectivity index (χ1) is 8.26. The van der Waals surface area contributed by atoms with E-state index >= 15 is 0 Å². The van der Waals surface area contributed by atoms with Gasteiger partial charge in [-0.15, -0.1) is 11.3 Å². The van der Waals surface area contributed by atoms with Crippen molar-refractivity contribution < 1.29 is 5.11 Å². The number of aryl methyl sites for hydroxylation is 1. The molecule has 96 valence electrons. The minimum atomic E-state index is -0.361. The van der Waals surface area contributed by atoms with E-state index in [-0.39, 0.29) is 12.0 Å². The Kier molecular flexibility index (Phi) is 4.91. The van der Waals surface area contributed by atoms with Crippen LogP contribution in [-0.4, -0.2) is 17.4 Å². The van der Waals surface area contributed by atoms with Crippen LogP contribution >= 0.6 is 23.1 Å². The number of hydrogen-bond donors (Lipinski definition) is 2. The number of aliphatic hydroxyl groups is 1. The van der Waals surface area contributed by atoms with Gasteiger partial charge in [-0.3, -0.25) is 0 Å². The van der Waals surface area contributed by atoms with Crippen molar-refractivity contribution in [3.63, 3.8) is 0 Å². The standard InChI is InChI=1S/C13H21NOS2/c1-2-3-9(7-14)13(15)12-6-10-8-16-5-4-11(10)17-12/h6,9,13,15H,2-5,7-8,14H2,1H3. The minimum absolute atomic E-state index is 0.216. The molecule has 2 nitrogen and oxygen atoms in total. The highest BCUT2D eigenvalue weighted by molar-refractivity contribution is 7.98. The molecular weight excluding hydrogens is 250 g/mol. The molecule has 1 aromatic heterocycles. The summed E-state index contributed by atoms with van der Waals surface area (Å²) >= 11 is 3.78. The van der Waals surface area contributed by atoms with Gasteiger partial charge in [0.2, 0.25) is 0 Å². The van der Waals surface area contributed by atoms with Crippen molar-refractivity contribution in [3.05, 3.63) is 21.4 Å². The molecule has 1 aliphatic rings. The van der Waals surface area contributed by atoms with E-state index in [1.165, 1.54) is 22.6 Å². The number of rotatable bonds is 5. The fourth-order valence-electron chi connectivity index (χ4n) is 2.32. The second-order valence-electron chi connectivity index (χ2n) is 4.63. The van der Waals surface area contributed by atoms with E-state index in [0.717, 1.165) is 23.5 Å².